The Balaban J connectivity index is 2.16. The summed E-state index contributed by atoms with van der Waals surface area (Å²) in [4.78, 5) is 13.2. The minimum atomic E-state index is -3.42. The van der Waals surface area contributed by atoms with E-state index in [0.29, 0.717) is 19.6 Å². The van der Waals surface area contributed by atoms with Crippen molar-refractivity contribution in [3.8, 4) is 0 Å². The predicted molar refractivity (Wildman–Crippen MR) is 83.9 cm³/mol. The summed E-state index contributed by atoms with van der Waals surface area (Å²) in [6.45, 7) is 3.54. The minimum Gasteiger partial charge on any atom is -0.481 e. The molecule has 0 unspecified atom stereocenters. The standard InChI is InChI=1S/C15H22N2O4S/c1-12-9-16(10-13-6-4-3-5-7-13)11-14(8-15(18)19)17(12)22(2,20)21/h3-7,12,14H,8-11H2,1-2H3,(H,18,19)/t12-,14+/m1/s1. The fraction of sp³-hybridized carbons (Fsp3) is 0.533. The highest BCUT2D eigenvalue weighted by Gasteiger charge is 2.38. The smallest absolute Gasteiger partial charge is 0.305 e. The van der Waals surface area contributed by atoms with Crippen molar-refractivity contribution in [3.05, 3.63) is 35.9 Å². The zero-order valence-electron chi connectivity index (χ0n) is 12.8. The van der Waals surface area contributed by atoms with Gasteiger partial charge in [0.25, 0.3) is 0 Å². The number of carboxylic acid groups (broad SMARTS) is 1. The van der Waals surface area contributed by atoms with Crippen molar-refractivity contribution in [2.75, 3.05) is 19.3 Å². The first-order chi connectivity index (χ1) is 10.3. The van der Waals surface area contributed by atoms with Crippen LogP contribution in [-0.2, 0) is 21.4 Å². The maximum Gasteiger partial charge on any atom is 0.305 e. The fourth-order valence-corrected chi connectivity index (χ4v) is 4.59. The molecule has 22 heavy (non-hydrogen) atoms. The number of carbonyl (C=O) groups is 1. The van der Waals surface area contributed by atoms with E-state index in [2.05, 4.69) is 4.90 Å². The SMILES string of the molecule is C[C@@H]1CN(Cc2ccccc2)C[C@H](CC(=O)O)N1S(C)(=O)=O. The van der Waals surface area contributed by atoms with Gasteiger partial charge < -0.3 is 5.11 Å². The van der Waals surface area contributed by atoms with Crippen LogP contribution in [-0.4, -0.2) is 60.1 Å². The lowest BCUT2D eigenvalue weighted by Crippen LogP contribution is -2.59. The first-order valence-corrected chi connectivity index (χ1v) is 9.09. The molecule has 0 radical (unpaired) electrons. The van der Waals surface area contributed by atoms with Crippen LogP contribution in [0.2, 0.25) is 0 Å². The second kappa shape index (κ2) is 6.76. The number of hydrogen-bond donors (Lipinski definition) is 1. The largest absolute Gasteiger partial charge is 0.481 e. The molecule has 7 heteroatoms. The second-order valence-corrected chi connectivity index (χ2v) is 7.76. The average molecular weight is 326 g/mol. The van der Waals surface area contributed by atoms with Gasteiger partial charge in [-0.25, -0.2) is 8.42 Å². The molecule has 0 aliphatic carbocycles. The van der Waals surface area contributed by atoms with E-state index in [-0.39, 0.29) is 12.5 Å². The molecule has 1 saturated heterocycles. The summed E-state index contributed by atoms with van der Waals surface area (Å²) < 4.78 is 25.3. The van der Waals surface area contributed by atoms with Gasteiger partial charge in [0.05, 0.1) is 12.7 Å². The zero-order valence-corrected chi connectivity index (χ0v) is 13.7. The predicted octanol–water partition coefficient (Wildman–Crippen LogP) is 0.996. The minimum absolute atomic E-state index is 0.178. The molecule has 0 amide bonds. The fourth-order valence-electron chi connectivity index (χ4n) is 3.19. The van der Waals surface area contributed by atoms with Crippen LogP contribution in [0.4, 0.5) is 0 Å². The van der Waals surface area contributed by atoms with Crippen LogP contribution in [0.25, 0.3) is 0 Å². The number of sulfonamides is 1. The summed E-state index contributed by atoms with van der Waals surface area (Å²) in [5, 5.41) is 9.07. The van der Waals surface area contributed by atoms with Crippen molar-refractivity contribution in [1.29, 1.82) is 0 Å². The normalized spacial score (nSPS) is 24.3. The van der Waals surface area contributed by atoms with Crippen LogP contribution in [0.1, 0.15) is 18.9 Å². The van der Waals surface area contributed by atoms with Gasteiger partial charge in [-0.15, -0.1) is 0 Å². The van der Waals surface area contributed by atoms with Crippen LogP contribution in [0.15, 0.2) is 30.3 Å². The Morgan fingerprint density at radius 3 is 2.45 bits per heavy atom. The van der Waals surface area contributed by atoms with Crippen LogP contribution in [0.5, 0.6) is 0 Å². The molecule has 0 spiro atoms. The van der Waals surface area contributed by atoms with Gasteiger partial charge in [0.15, 0.2) is 0 Å². The van der Waals surface area contributed by atoms with Crippen molar-refractivity contribution in [2.45, 2.75) is 32.0 Å². The summed E-state index contributed by atoms with van der Waals surface area (Å²) in [6.07, 6.45) is 0.966. The molecular formula is C15H22N2O4S. The van der Waals surface area contributed by atoms with E-state index in [0.717, 1.165) is 11.8 Å². The number of benzene rings is 1. The summed E-state index contributed by atoms with van der Waals surface area (Å²) in [7, 11) is -3.42. The summed E-state index contributed by atoms with van der Waals surface area (Å²) in [6, 6.07) is 9.12. The highest BCUT2D eigenvalue weighted by Crippen LogP contribution is 2.23. The lowest BCUT2D eigenvalue weighted by atomic mass is 10.1. The van der Waals surface area contributed by atoms with Gasteiger partial charge >= 0.3 is 5.97 Å². The third-order valence-corrected chi connectivity index (χ3v) is 5.25. The highest BCUT2D eigenvalue weighted by atomic mass is 32.2. The second-order valence-electron chi connectivity index (χ2n) is 5.87. The maximum atomic E-state index is 12.0. The number of hydrogen-bond acceptors (Lipinski definition) is 4. The molecule has 2 rings (SSSR count). The van der Waals surface area contributed by atoms with Crippen molar-refractivity contribution in [3.63, 3.8) is 0 Å². The number of carboxylic acids is 1. The molecule has 0 bridgehead atoms. The molecule has 1 aromatic rings. The lowest BCUT2D eigenvalue weighted by Gasteiger charge is -2.43. The molecule has 0 saturated carbocycles. The van der Waals surface area contributed by atoms with Crippen LogP contribution >= 0.6 is 0 Å². The van der Waals surface area contributed by atoms with E-state index in [1.807, 2.05) is 37.3 Å². The van der Waals surface area contributed by atoms with Crippen molar-refractivity contribution >= 4 is 16.0 Å². The highest BCUT2D eigenvalue weighted by molar-refractivity contribution is 7.88. The number of rotatable bonds is 5. The summed E-state index contributed by atoms with van der Waals surface area (Å²) in [5.41, 5.74) is 1.14. The Labute approximate surface area is 131 Å². The van der Waals surface area contributed by atoms with Crippen molar-refractivity contribution in [2.24, 2.45) is 0 Å². The number of nitrogens with zero attached hydrogens (tertiary/aromatic N) is 2. The summed E-state index contributed by atoms with van der Waals surface area (Å²) in [5.74, 6) is -0.979. The van der Waals surface area contributed by atoms with E-state index >= 15 is 0 Å². The molecule has 1 heterocycles. The van der Waals surface area contributed by atoms with E-state index in [1.165, 1.54) is 4.31 Å². The lowest BCUT2D eigenvalue weighted by molar-refractivity contribution is -0.138. The first kappa shape index (κ1) is 16.9. The Morgan fingerprint density at radius 1 is 1.27 bits per heavy atom. The molecule has 6 nitrogen and oxygen atoms in total. The Morgan fingerprint density at radius 2 is 1.91 bits per heavy atom. The van der Waals surface area contributed by atoms with Gasteiger partial charge in [-0.2, -0.15) is 4.31 Å². The van der Waals surface area contributed by atoms with E-state index in [1.54, 1.807) is 0 Å². The molecule has 1 aliphatic heterocycles. The topological polar surface area (TPSA) is 77.9 Å². The molecule has 122 valence electrons. The Kier molecular flexibility index (Phi) is 5.20. The zero-order chi connectivity index (χ0) is 16.3. The quantitative estimate of drug-likeness (QED) is 0.873. The van der Waals surface area contributed by atoms with Gasteiger partial charge in [0.1, 0.15) is 0 Å². The van der Waals surface area contributed by atoms with Gasteiger partial charge in [0.2, 0.25) is 10.0 Å². The van der Waals surface area contributed by atoms with Crippen LogP contribution < -0.4 is 0 Å². The van der Waals surface area contributed by atoms with E-state index in [9.17, 15) is 13.2 Å². The van der Waals surface area contributed by atoms with Gasteiger partial charge in [-0.05, 0) is 12.5 Å². The molecule has 1 aromatic carbocycles. The Hall–Kier alpha value is -1.44. The third-order valence-electron chi connectivity index (χ3n) is 3.83. The molecule has 1 fully saturated rings. The van der Waals surface area contributed by atoms with E-state index < -0.39 is 22.0 Å². The summed E-state index contributed by atoms with van der Waals surface area (Å²) >= 11 is 0. The van der Waals surface area contributed by atoms with Gasteiger partial charge in [-0.3, -0.25) is 9.69 Å². The molecule has 1 N–H and O–H groups in total. The van der Waals surface area contributed by atoms with Crippen LogP contribution in [0, 0.1) is 0 Å². The van der Waals surface area contributed by atoms with Crippen molar-refractivity contribution in [1.82, 2.24) is 9.21 Å². The average Bonchev–Trinajstić information content (AvgIpc) is 2.36. The molecule has 0 aromatic heterocycles. The number of piperazine rings is 1. The molecule has 2 atom stereocenters. The van der Waals surface area contributed by atoms with Gasteiger partial charge in [-0.1, -0.05) is 30.3 Å². The van der Waals surface area contributed by atoms with Crippen LogP contribution in [0.3, 0.4) is 0 Å². The first-order valence-electron chi connectivity index (χ1n) is 7.24. The van der Waals surface area contributed by atoms with Gasteiger partial charge in [0, 0.05) is 31.7 Å². The molecule has 1 aliphatic rings. The molecular weight excluding hydrogens is 304 g/mol. The maximum absolute atomic E-state index is 12.0. The van der Waals surface area contributed by atoms with E-state index in [4.69, 9.17) is 5.11 Å². The Bertz CT molecular complexity index is 618. The monoisotopic (exact) mass is 326 g/mol. The number of aliphatic carboxylic acids is 1. The van der Waals surface area contributed by atoms with Crippen molar-refractivity contribution < 1.29 is 18.3 Å². The third kappa shape index (κ3) is 4.28.